The van der Waals surface area contributed by atoms with Gasteiger partial charge in [0.2, 0.25) is 10.0 Å². The SMILES string of the molecule is O=S(=O)(c1ccccc1F)N1CC(n2cc(COc3ccccc3)nn2)C1. The van der Waals surface area contributed by atoms with Crippen molar-refractivity contribution >= 4 is 10.0 Å². The monoisotopic (exact) mass is 388 g/mol. The molecule has 27 heavy (non-hydrogen) atoms. The molecule has 0 N–H and O–H groups in total. The van der Waals surface area contributed by atoms with Crippen molar-refractivity contribution in [1.29, 1.82) is 0 Å². The van der Waals surface area contributed by atoms with Crippen LogP contribution in [0.15, 0.2) is 65.7 Å². The molecule has 2 aromatic carbocycles. The summed E-state index contributed by atoms with van der Waals surface area (Å²) in [5, 5.41) is 8.10. The maximum Gasteiger partial charge on any atom is 0.246 e. The van der Waals surface area contributed by atoms with Gasteiger partial charge in [-0.05, 0) is 24.3 Å². The molecule has 1 saturated heterocycles. The van der Waals surface area contributed by atoms with Gasteiger partial charge < -0.3 is 4.74 Å². The zero-order chi connectivity index (χ0) is 18.9. The van der Waals surface area contributed by atoms with Crippen molar-refractivity contribution in [3.05, 3.63) is 72.3 Å². The molecule has 1 fully saturated rings. The first-order valence-corrected chi connectivity index (χ1v) is 9.81. The van der Waals surface area contributed by atoms with E-state index in [1.807, 2.05) is 30.3 Å². The topological polar surface area (TPSA) is 77.3 Å². The summed E-state index contributed by atoms with van der Waals surface area (Å²) in [6.45, 7) is 0.714. The second-order valence-corrected chi connectivity index (χ2v) is 8.10. The second-order valence-electron chi connectivity index (χ2n) is 6.20. The first-order chi connectivity index (χ1) is 13.0. The predicted molar refractivity (Wildman–Crippen MR) is 95.0 cm³/mol. The van der Waals surface area contributed by atoms with E-state index in [1.54, 1.807) is 10.9 Å². The zero-order valence-corrected chi connectivity index (χ0v) is 15.1. The van der Waals surface area contributed by atoms with Crippen molar-refractivity contribution in [2.24, 2.45) is 0 Å². The van der Waals surface area contributed by atoms with Gasteiger partial charge in [-0.25, -0.2) is 17.5 Å². The summed E-state index contributed by atoms with van der Waals surface area (Å²) in [7, 11) is -3.84. The summed E-state index contributed by atoms with van der Waals surface area (Å²) < 4.78 is 47.3. The average Bonchev–Trinajstić information content (AvgIpc) is 3.08. The molecular weight excluding hydrogens is 371 g/mol. The lowest BCUT2D eigenvalue weighted by Crippen LogP contribution is -2.50. The van der Waals surface area contributed by atoms with Gasteiger partial charge in [0, 0.05) is 13.1 Å². The van der Waals surface area contributed by atoms with Crippen molar-refractivity contribution < 1.29 is 17.5 Å². The molecule has 0 amide bonds. The molecule has 1 aromatic heterocycles. The van der Waals surface area contributed by atoms with Gasteiger partial charge in [0.15, 0.2) is 0 Å². The van der Waals surface area contributed by atoms with Gasteiger partial charge in [-0.1, -0.05) is 35.5 Å². The molecule has 0 spiro atoms. The molecule has 4 rings (SSSR count). The number of para-hydroxylation sites is 1. The summed E-state index contributed by atoms with van der Waals surface area (Å²) in [5.74, 6) is -0.0140. The molecule has 0 unspecified atom stereocenters. The molecule has 0 bridgehead atoms. The van der Waals surface area contributed by atoms with Crippen LogP contribution in [0, 0.1) is 5.82 Å². The van der Waals surface area contributed by atoms with Crippen LogP contribution >= 0.6 is 0 Å². The highest BCUT2D eigenvalue weighted by Crippen LogP contribution is 2.29. The van der Waals surface area contributed by atoms with Gasteiger partial charge in [-0.2, -0.15) is 4.31 Å². The third kappa shape index (κ3) is 3.56. The Morgan fingerprint density at radius 2 is 1.78 bits per heavy atom. The van der Waals surface area contributed by atoms with E-state index in [0.29, 0.717) is 5.69 Å². The number of rotatable bonds is 6. The van der Waals surface area contributed by atoms with E-state index in [4.69, 9.17) is 4.74 Å². The number of sulfonamides is 1. The van der Waals surface area contributed by atoms with Crippen LogP contribution in [0.2, 0.25) is 0 Å². The molecule has 7 nitrogen and oxygen atoms in total. The minimum absolute atomic E-state index is 0.135. The highest BCUT2D eigenvalue weighted by Gasteiger charge is 2.39. The molecule has 1 aliphatic heterocycles. The summed E-state index contributed by atoms with van der Waals surface area (Å²) in [6.07, 6.45) is 1.74. The number of hydrogen-bond acceptors (Lipinski definition) is 5. The molecule has 0 radical (unpaired) electrons. The predicted octanol–water partition coefficient (Wildman–Crippen LogP) is 2.24. The van der Waals surface area contributed by atoms with Crippen LogP contribution in [-0.4, -0.2) is 40.8 Å². The standard InChI is InChI=1S/C18H17FN4O3S/c19-17-8-4-5-9-18(17)27(24,25)22-11-15(12-22)23-10-14(20-21-23)13-26-16-6-2-1-3-7-16/h1-10,15H,11-13H2. The third-order valence-electron chi connectivity index (χ3n) is 4.35. The van der Waals surface area contributed by atoms with Crippen molar-refractivity contribution in [1.82, 2.24) is 19.3 Å². The lowest BCUT2D eigenvalue weighted by molar-refractivity contribution is 0.188. The molecule has 2 heterocycles. The molecule has 0 atom stereocenters. The Morgan fingerprint density at radius 1 is 1.07 bits per heavy atom. The number of ether oxygens (including phenoxy) is 1. The first-order valence-electron chi connectivity index (χ1n) is 8.37. The van der Waals surface area contributed by atoms with Crippen molar-refractivity contribution in [3.63, 3.8) is 0 Å². The second kappa shape index (κ2) is 7.09. The van der Waals surface area contributed by atoms with Crippen LogP contribution in [0.25, 0.3) is 0 Å². The van der Waals surface area contributed by atoms with E-state index in [0.717, 1.165) is 11.8 Å². The first kappa shape index (κ1) is 17.6. The lowest BCUT2D eigenvalue weighted by Gasteiger charge is -2.37. The Morgan fingerprint density at radius 3 is 2.52 bits per heavy atom. The fraction of sp³-hybridized carbons (Fsp3) is 0.222. The van der Waals surface area contributed by atoms with Gasteiger partial charge in [0.1, 0.15) is 28.8 Å². The normalized spacial score (nSPS) is 15.4. The largest absolute Gasteiger partial charge is 0.487 e. The van der Waals surface area contributed by atoms with E-state index in [1.165, 1.54) is 22.5 Å². The van der Waals surface area contributed by atoms with Crippen molar-refractivity contribution in [3.8, 4) is 5.75 Å². The molecule has 9 heteroatoms. The minimum Gasteiger partial charge on any atom is -0.487 e. The van der Waals surface area contributed by atoms with Gasteiger partial charge in [-0.3, -0.25) is 0 Å². The fourth-order valence-electron chi connectivity index (χ4n) is 2.81. The minimum atomic E-state index is -3.84. The van der Waals surface area contributed by atoms with Gasteiger partial charge in [-0.15, -0.1) is 5.10 Å². The Balaban J connectivity index is 1.37. The summed E-state index contributed by atoms with van der Waals surface area (Å²) in [5.41, 5.74) is 0.647. The van der Waals surface area contributed by atoms with E-state index in [9.17, 15) is 12.8 Å². The summed E-state index contributed by atoms with van der Waals surface area (Å²) in [6, 6.07) is 14.6. The maximum atomic E-state index is 13.8. The van der Waals surface area contributed by atoms with Crippen LogP contribution in [0.5, 0.6) is 5.75 Å². The van der Waals surface area contributed by atoms with Gasteiger partial charge in [0.05, 0.1) is 12.2 Å². The number of aromatic nitrogens is 3. The Labute approximate surface area is 156 Å². The zero-order valence-electron chi connectivity index (χ0n) is 14.3. The number of nitrogens with zero attached hydrogens (tertiary/aromatic N) is 4. The molecule has 1 aliphatic rings. The quantitative estimate of drug-likeness (QED) is 0.647. The van der Waals surface area contributed by atoms with Crippen LogP contribution < -0.4 is 4.74 Å². The third-order valence-corrected chi connectivity index (χ3v) is 6.21. The summed E-state index contributed by atoms with van der Waals surface area (Å²) in [4.78, 5) is -0.306. The van der Waals surface area contributed by atoms with E-state index < -0.39 is 15.8 Å². The highest BCUT2D eigenvalue weighted by molar-refractivity contribution is 7.89. The fourth-order valence-corrected chi connectivity index (χ4v) is 4.39. The molecular formula is C18H17FN4O3S. The van der Waals surface area contributed by atoms with Crippen LogP contribution in [0.4, 0.5) is 4.39 Å². The lowest BCUT2D eigenvalue weighted by atomic mass is 10.2. The van der Waals surface area contributed by atoms with Crippen LogP contribution in [-0.2, 0) is 16.6 Å². The Bertz CT molecular complexity index is 1030. The van der Waals surface area contributed by atoms with Crippen LogP contribution in [0.1, 0.15) is 11.7 Å². The smallest absolute Gasteiger partial charge is 0.246 e. The number of halogens is 1. The summed E-state index contributed by atoms with van der Waals surface area (Å²) >= 11 is 0. The molecule has 0 aliphatic carbocycles. The maximum absolute atomic E-state index is 13.8. The number of hydrogen-bond donors (Lipinski definition) is 0. The molecule has 140 valence electrons. The Hall–Kier alpha value is -2.78. The van der Waals surface area contributed by atoms with Gasteiger partial charge >= 0.3 is 0 Å². The number of benzene rings is 2. The molecule has 3 aromatic rings. The van der Waals surface area contributed by atoms with Crippen LogP contribution in [0.3, 0.4) is 0 Å². The average molecular weight is 388 g/mol. The van der Waals surface area contributed by atoms with Crippen molar-refractivity contribution in [2.75, 3.05) is 13.1 Å². The Kier molecular flexibility index (Phi) is 4.63. The molecule has 0 saturated carbocycles. The van der Waals surface area contributed by atoms with Gasteiger partial charge in [0.25, 0.3) is 0 Å². The highest BCUT2D eigenvalue weighted by atomic mass is 32.2. The van der Waals surface area contributed by atoms with Crippen molar-refractivity contribution in [2.45, 2.75) is 17.5 Å². The van der Waals surface area contributed by atoms with E-state index >= 15 is 0 Å². The van der Waals surface area contributed by atoms with E-state index in [-0.39, 0.29) is 30.6 Å². The van der Waals surface area contributed by atoms with E-state index in [2.05, 4.69) is 10.3 Å².